The third-order valence-corrected chi connectivity index (χ3v) is 3.20. The Labute approximate surface area is 75.3 Å². The van der Waals surface area contributed by atoms with Crippen molar-refractivity contribution in [1.82, 2.24) is 16.0 Å². The molecule has 72 valence electrons. The van der Waals surface area contributed by atoms with Crippen LogP contribution in [0, 0.1) is 0 Å². The van der Waals surface area contributed by atoms with Gasteiger partial charge in [-0.15, -0.1) is 0 Å². The van der Waals surface area contributed by atoms with E-state index in [-0.39, 0.29) is 5.66 Å². The molecule has 3 heteroatoms. The molecule has 0 atom stereocenters. The van der Waals surface area contributed by atoms with Gasteiger partial charge in [-0.1, -0.05) is 0 Å². The van der Waals surface area contributed by atoms with E-state index in [1.165, 1.54) is 25.7 Å². The maximum Gasteiger partial charge on any atom is 0.0683 e. The first-order chi connectivity index (χ1) is 5.76. The fourth-order valence-electron chi connectivity index (χ4n) is 2.02. The van der Waals surface area contributed by atoms with E-state index >= 15 is 0 Å². The largest absolute Gasteiger partial charge is 0.317 e. The SMILES string of the molecule is CNC1CCC(NC)(NC)CC1. The molecule has 1 saturated carbocycles. The summed E-state index contributed by atoms with van der Waals surface area (Å²) in [7, 11) is 6.13. The summed E-state index contributed by atoms with van der Waals surface area (Å²) < 4.78 is 0. The highest BCUT2D eigenvalue weighted by molar-refractivity contribution is 4.90. The van der Waals surface area contributed by atoms with Crippen molar-refractivity contribution in [2.75, 3.05) is 21.1 Å². The Morgan fingerprint density at radius 1 is 1.00 bits per heavy atom. The molecular weight excluding hydrogens is 150 g/mol. The van der Waals surface area contributed by atoms with Crippen molar-refractivity contribution < 1.29 is 0 Å². The van der Waals surface area contributed by atoms with Crippen LogP contribution in [0.4, 0.5) is 0 Å². The molecule has 0 spiro atoms. The minimum Gasteiger partial charge on any atom is -0.317 e. The monoisotopic (exact) mass is 171 g/mol. The molecule has 3 nitrogen and oxygen atoms in total. The second-order valence-corrected chi connectivity index (χ2v) is 3.65. The zero-order chi connectivity index (χ0) is 9.03. The normalized spacial score (nSPS) is 24.2. The summed E-state index contributed by atoms with van der Waals surface area (Å²) in [5.41, 5.74) is 0.202. The quantitative estimate of drug-likeness (QED) is 0.534. The molecule has 1 aliphatic carbocycles. The van der Waals surface area contributed by atoms with E-state index in [1.54, 1.807) is 0 Å². The Bertz CT molecular complexity index is 122. The summed E-state index contributed by atoms with van der Waals surface area (Å²) >= 11 is 0. The highest BCUT2D eigenvalue weighted by Crippen LogP contribution is 2.25. The zero-order valence-electron chi connectivity index (χ0n) is 8.41. The topological polar surface area (TPSA) is 36.1 Å². The van der Waals surface area contributed by atoms with Gasteiger partial charge in [-0.05, 0) is 46.8 Å². The van der Waals surface area contributed by atoms with Gasteiger partial charge in [-0.25, -0.2) is 0 Å². The molecule has 1 rings (SSSR count). The maximum absolute atomic E-state index is 3.37. The van der Waals surface area contributed by atoms with Crippen LogP contribution in [0.3, 0.4) is 0 Å². The summed E-state index contributed by atoms with van der Waals surface area (Å²) in [5, 5.41) is 10.1. The number of hydrogen-bond donors (Lipinski definition) is 3. The van der Waals surface area contributed by atoms with Crippen molar-refractivity contribution >= 4 is 0 Å². The van der Waals surface area contributed by atoms with Crippen LogP contribution in [0.2, 0.25) is 0 Å². The number of nitrogens with one attached hydrogen (secondary N) is 3. The van der Waals surface area contributed by atoms with E-state index in [0.29, 0.717) is 0 Å². The van der Waals surface area contributed by atoms with Gasteiger partial charge in [0.2, 0.25) is 0 Å². The summed E-state index contributed by atoms with van der Waals surface area (Å²) in [4.78, 5) is 0. The standard InChI is InChI=1S/C9H21N3/c1-10-8-4-6-9(11-2,12-3)7-5-8/h8,10-12H,4-7H2,1-3H3. The third kappa shape index (κ3) is 1.97. The van der Waals surface area contributed by atoms with Gasteiger partial charge in [-0.2, -0.15) is 0 Å². The average Bonchev–Trinajstić information content (AvgIpc) is 2.18. The smallest absolute Gasteiger partial charge is 0.0683 e. The zero-order valence-corrected chi connectivity index (χ0v) is 8.41. The maximum atomic E-state index is 3.37. The summed E-state index contributed by atoms with van der Waals surface area (Å²) in [5.74, 6) is 0. The second kappa shape index (κ2) is 4.21. The molecule has 0 unspecified atom stereocenters. The lowest BCUT2D eigenvalue weighted by molar-refractivity contribution is 0.184. The Morgan fingerprint density at radius 2 is 1.50 bits per heavy atom. The van der Waals surface area contributed by atoms with E-state index < -0.39 is 0 Å². The van der Waals surface area contributed by atoms with Gasteiger partial charge >= 0.3 is 0 Å². The van der Waals surface area contributed by atoms with E-state index in [4.69, 9.17) is 0 Å². The molecule has 3 N–H and O–H groups in total. The van der Waals surface area contributed by atoms with Gasteiger partial charge in [0.05, 0.1) is 5.66 Å². The molecule has 0 heterocycles. The van der Waals surface area contributed by atoms with Gasteiger partial charge in [0.15, 0.2) is 0 Å². The van der Waals surface area contributed by atoms with Gasteiger partial charge in [0.25, 0.3) is 0 Å². The lowest BCUT2D eigenvalue weighted by Gasteiger charge is -2.39. The minimum atomic E-state index is 0.202. The first-order valence-electron chi connectivity index (χ1n) is 4.81. The average molecular weight is 171 g/mol. The summed E-state index contributed by atoms with van der Waals surface area (Å²) in [6.45, 7) is 0. The first-order valence-corrected chi connectivity index (χ1v) is 4.81. The van der Waals surface area contributed by atoms with Crippen molar-refractivity contribution in [1.29, 1.82) is 0 Å². The van der Waals surface area contributed by atoms with Gasteiger partial charge in [-0.3, -0.25) is 0 Å². The minimum absolute atomic E-state index is 0.202. The van der Waals surface area contributed by atoms with Crippen LogP contribution in [0.15, 0.2) is 0 Å². The summed E-state index contributed by atoms with van der Waals surface area (Å²) in [6, 6.07) is 0.722. The van der Waals surface area contributed by atoms with Crippen molar-refractivity contribution in [3.8, 4) is 0 Å². The lowest BCUT2D eigenvalue weighted by Crippen LogP contribution is -2.57. The fraction of sp³-hybridized carbons (Fsp3) is 1.00. The highest BCUT2D eigenvalue weighted by Gasteiger charge is 2.31. The van der Waals surface area contributed by atoms with E-state index in [0.717, 1.165) is 6.04 Å². The van der Waals surface area contributed by atoms with Crippen LogP contribution < -0.4 is 16.0 Å². The van der Waals surface area contributed by atoms with Gasteiger partial charge in [0.1, 0.15) is 0 Å². The van der Waals surface area contributed by atoms with E-state index in [1.807, 2.05) is 14.1 Å². The van der Waals surface area contributed by atoms with Crippen LogP contribution in [0.1, 0.15) is 25.7 Å². The molecule has 0 aromatic heterocycles. The molecule has 12 heavy (non-hydrogen) atoms. The Kier molecular flexibility index (Phi) is 3.50. The van der Waals surface area contributed by atoms with E-state index in [2.05, 4.69) is 23.0 Å². The molecule has 0 bridgehead atoms. The van der Waals surface area contributed by atoms with Crippen LogP contribution in [-0.2, 0) is 0 Å². The van der Waals surface area contributed by atoms with Crippen molar-refractivity contribution in [3.63, 3.8) is 0 Å². The molecule has 0 aliphatic heterocycles. The third-order valence-electron chi connectivity index (χ3n) is 3.20. The predicted molar refractivity (Wildman–Crippen MR) is 52.2 cm³/mol. The van der Waals surface area contributed by atoms with Crippen molar-refractivity contribution in [3.05, 3.63) is 0 Å². The van der Waals surface area contributed by atoms with Crippen LogP contribution >= 0.6 is 0 Å². The molecular formula is C9H21N3. The van der Waals surface area contributed by atoms with Crippen LogP contribution in [0.25, 0.3) is 0 Å². The van der Waals surface area contributed by atoms with Gasteiger partial charge < -0.3 is 16.0 Å². The molecule has 0 amide bonds. The molecule has 1 aliphatic rings. The molecule has 0 aromatic carbocycles. The number of rotatable bonds is 3. The van der Waals surface area contributed by atoms with Crippen LogP contribution in [0.5, 0.6) is 0 Å². The lowest BCUT2D eigenvalue weighted by atomic mass is 9.86. The van der Waals surface area contributed by atoms with Crippen molar-refractivity contribution in [2.45, 2.75) is 37.4 Å². The number of hydrogen-bond acceptors (Lipinski definition) is 3. The Balaban J connectivity index is 2.42. The second-order valence-electron chi connectivity index (χ2n) is 3.65. The Hall–Kier alpha value is -0.120. The van der Waals surface area contributed by atoms with Crippen molar-refractivity contribution in [2.24, 2.45) is 0 Å². The molecule has 1 fully saturated rings. The molecule has 0 saturated heterocycles. The predicted octanol–water partition coefficient (Wildman–Crippen LogP) is 0.284. The van der Waals surface area contributed by atoms with Crippen LogP contribution in [-0.4, -0.2) is 32.8 Å². The highest BCUT2D eigenvalue weighted by atomic mass is 15.2. The first kappa shape index (κ1) is 9.96. The Morgan fingerprint density at radius 3 is 1.83 bits per heavy atom. The van der Waals surface area contributed by atoms with E-state index in [9.17, 15) is 0 Å². The fourth-order valence-corrected chi connectivity index (χ4v) is 2.02. The molecule has 0 radical (unpaired) electrons. The molecule has 0 aromatic rings. The van der Waals surface area contributed by atoms with Gasteiger partial charge in [0, 0.05) is 6.04 Å². The summed E-state index contributed by atoms with van der Waals surface area (Å²) in [6.07, 6.45) is 4.95.